The summed E-state index contributed by atoms with van der Waals surface area (Å²) in [6.07, 6.45) is 1.20. The Hall–Kier alpha value is -4.12. The zero-order valence-corrected chi connectivity index (χ0v) is 17.4. The highest BCUT2D eigenvalue weighted by Crippen LogP contribution is 2.27. The van der Waals surface area contributed by atoms with Crippen molar-refractivity contribution in [1.82, 2.24) is 4.98 Å². The van der Waals surface area contributed by atoms with Crippen LogP contribution in [0.3, 0.4) is 0 Å². The number of rotatable bonds is 6. The molecule has 162 valence electrons. The summed E-state index contributed by atoms with van der Waals surface area (Å²) < 4.78 is 0. The highest BCUT2D eigenvalue weighted by molar-refractivity contribution is 7.18. The minimum atomic E-state index is -0.582. The number of aromatic nitrogens is 1. The number of nitrogens with one attached hydrogen (secondary N) is 2. The first kappa shape index (κ1) is 21.1. The van der Waals surface area contributed by atoms with Crippen LogP contribution in [0.2, 0.25) is 0 Å². The fourth-order valence-corrected chi connectivity index (χ4v) is 3.89. The van der Waals surface area contributed by atoms with E-state index in [1.54, 1.807) is 17.0 Å². The third-order valence-electron chi connectivity index (χ3n) is 4.87. The average molecular weight is 451 g/mol. The topological polar surface area (TPSA) is 135 Å². The summed E-state index contributed by atoms with van der Waals surface area (Å²) in [6.45, 7) is 0.301. The lowest BCUT2D eigenvalue weighted by Gasteiger charge is -2.16. The van der Waals surface area contributed by atoms with Crippen LogP contribution in [0.15, 0.2) is 60.8 Å². The largest absolute Gasteiger partial charge is 0.345 e. The molecule has 0 spiro atoms. The summed E-state index contributed by atoms with van der Waals surface area (Å²) in [6, 6.07) is 15.4. The molecule has 32 heavy (non-hydrogen) atoms. The number of hydrogen-bond donors (Lipinski definition) is 2. The van der Waals surface area contributed by atoms with Crippen LogP contribution >= 0.6 is 11.3 Å². The van der Waals surface area contributed by atoms with E-state index in [1.165, 1.54) is 12.1 Å². The number of carbonyl (C=O) groups excluding carboxylic acids is 3. The quantitative estimate of drug-likeness (QED) is 0.436. The van der Waals surface area contributed by atoms with Crippen molar-refractivity contribution in [3.63, 3.8) is 0 Å². The molecular formula is C21H17N5O5S. The molecule has 1 atom stereocenters. The van der Waals surface area contributed by atoms with Gasteiger partial charge in [0.25, 0.3) is 5.91 Å². The van der Waals surface area contributed by atoms with Crippen LogP contribution in [-0.2, 0) is 9.59 Å². The molecule has 2 aromatic carbocycles. The number of nitro groups is 1. The monoisotopic (exact) mass is 451 g/mol. The van der Waals surface area contributed by atoms with E-state index in [-0.39, 0.29) is 28.4 Å². The Morgan fingerprint density at radius 2 is 1.81 bits per heavy atom. The first-order valence-electron chi connectivity index (χ1n) is 9.58. The Morgan fingerprint density at radius 3 is 2.47 bits per heavy atom. The van der Waals surface area contributed by atoms with Crippen LogP contribution < -0.4 is 15.5 Å². The normalized spacial score (nSPS) is 15.4. The minimum absolute atomic E-state index is 0.106. The van der Waals surface area contributed by atoms with Gasteiger partial charge in [-0.05, 0) is 47.7 Å². The van der Waals surface area contributed by atoms with E-state index in [0.29, 0.717) is 17.8 Å². The van der Waals surface area contributed by atoms with Crippen LogP contribution in [0.4, 0.5) is 21.5 Å². The van der Waals surface area contributed by atoms with Gasteiger partial charge in [0.1, 0.15) is 6.20 Å². The van der Waals surface area contributed by atoms with Crippen molar-refractivity contribution in [2.45, 2.75) is 6.42 Å². The van der Waals surface area contributed by atoms with Crippen molar-refractivity contribution in [1.29, 1.82) is 0 Å². The van der Waals surface area contributed by atoms with Gasteiger partial charge in [0.05, 0.1) is 10.8 Å². The molecule has 2 N–H and O–H groups in total. The molecule has 0 bridgehead atoms. The van der Waals surface area contributed by atoms with Crippen LogP contribution in [0, 0.1) is 16.0 Å². The highest BCUT2D eigenvalue weighted by atomic mass is 32.1. The summed E-state index contributed by atoms with van der Waals surface area (Å²) in [5.74, 6) is -1.34. The predicted octanol–water partition coefficient (Wildman–Crippen LogP) is 3.30. The van der Waals surface area contributed by atoms with Gasteiger partial charge in [-0.15, -0.1) is 0 Å². The van der Waals surface area contributed by atoms with E-state index >= 15 is 0 Å². The summed E-state index contributed by atoms with van der Waals surface area (Å²) in [5.41, 5.74) is 1.54. The molecule has 1 unspecified atom stereocenters. The van der Waals surface area contributed by atoms with E-state index in [1.807, 2.05) is 30.3 Å². The molecule has 11 heteroatoms. The van der Waals surface area contributed by atoms with Crippen molar-refractivity contribution in [2.24, 2.45) is 5.92 Å². The maximum Gasteiger partial charge on any atom is 0.345 e. The van der Waals surface area contributed by atoms with Crippen molar-refractivity contribution >= 4 is 50.6 Å². The van der Waals surface area contributed by atoms with E-state index in [0.717, 1.165) is 23.2 Å². The Balaban J connectivity index is 1.35. The van der Waals surface area contributed by atoms with Gasteiger partial charge < -0.3 is 10.2 Å². The molecule has 4 rings (SSSR count). The Bertz CT molecular complexity index is 1180. The number of para-hydroxylation sites is 1. The fourth-order valence-electron chi connectivity index (χ4n) is 3.27. The maximum atomic E-state index is 12.6. The van der Waals surface area contributed by atoms with Crippen LogP contribution in [0.1, 0.15) is 16.8 Å². The number of amides is 3. The zero-order valence-electron chi connectivity index (χ0n) is 16.6. The number of carbonyl (C=O) groups is 3. The fraction of sp³-hybridized carbons (Fsp3) is 0.143. The summed E-state index contributed by atoms with van der Waals surface area (Å²) in [5, 5.41) is 15.9. The third-order valence-corrected chi connectivity index (χ3v) is 5.74. The molecule has 2 heterocycles. The van der Waals surface area contributed by atoms with Gasteiger partial charge in [0.15, 0.2) is 5.13 Å². The Labute approximate surface area is 186 Å². The lowest BCUT2D eigenvalue weighted by atomic mass is 10.1. The standard InChI is InChI=1S/C21H17N5O5S/c27-17-10-14(12-25(17)16-4-2-1-3-5-16)20(29)23-15-8-6-13(7-9-15)19(28)24-21-22-11-18(32-21)26(30)31/h1-9,11,14H,10,12H2,(H,23,29)(H,22,24,28). The number of hydrogen-bond acceptors (Lipinski definition) is 7. The maximum absolute atomic E-state index is 12.6. The Morgan fingerprint density at radius 1 is 1.09 bits per heavy atom. The number of anilines is 3. The SMILES string of the molecule is O=C(Nc1ncc([N+](=O)[O-])s1)c1ccc(NC(=O)C2CC(=O)N(c3ccccc3)C2)cc1. The van der Waals surface area contributed by atoms with Gasteiger partial charge in [-0.1, -0.05) is 18.2 Å². The number of thiazole rings is 1. The smallest absolute Gasteiger partial charge is 0.326 e. The Kier molecular flexibility index (Phi) is 5.90. The van der Waals surface area contributed by atoms with Crippen molar-refractivity contribution < 1.29 is 19.3 Å². The van der Waals surface area contributed by atoms with Crippen molar-refractivity contribution in [3.05, 3.63) is 76.5 Å². The molecule has 1 aliphatic rings. The molecule has 3 amide bonds. The summed E-state index contributed by atoms with van der Waals surface area (Å²) in [7, 11) is 0. The van der Waals surface area contributed by atoms with Gasteiger partial charge >= 0.3 is 5.00 Å². The molecular weight excluding hydrogens is 434 g/mol. The van der Waals surface area contributed by atoms with E-state index in [9.17, 15) is 24.5 Å². The van der Waals surface area contributed by atoms with Crippen LogP contribution in [0.5, 0.6) is 0 Å². The molecule has 3 aromatic rings. The van der Waals surface area contributed by atoms with Gasteiger partial charge in [-0.2, -0.15) is 0 Å². The van der Waals surface area contributed by atoms with Crippen molar-refractivity contribution in [2.75, 3.05) is 22.1 Å². The lowest BCUT2D eigenvalue weighted by molar-refractivity contribution is -0.380. The number of nitrogens with zero attached hydrogens (tertiary/aromatic N) is 3. The van der Waals surface area contributed by atoms with Gasteiger partial charge in [0, 0.05) is 29.9 Å². The molecule has 1 fully saturated rings. The van der Waals surface area contributed by atoms with Crippen molar-refractivity contribution in [3.8, 4) is 0 Å². The molecule has 1 aromatic heterocycles. The summed E-state index contributed by atoms with van der Waals surface area (Å²) >= 11 is 0.758. The number of benzene rings is 2. The first-order valence-corrected chi connectivity index (χ1v) is 10.4. The molecule has 10 nitrogen and oxygen atoms in total. The van der Waals surface area contributed by atoms with E-state index < -0.39 is 16.7 Å². The molecule has 0 saturated carbocycles. The molecule has 0 aliphatic carbocycles. The highest BCUT2D eigenvalue weighted by Gasteiger charge is 2.35. The van der Waals surface area contributed by atoms with E-state index in [2.05, 4.69) is 15.6 Å². The zero-order chi connectivity index (χ0) is 22.7. The summed E-state index contributed by atoms with van der Waals surface area (Å²) in [4.78, 5) is 52.7. The van der Waals surface area contributed by atoms with Gasteiger partial charge in [0.2, 0.25) is 11.8 Å². The van der Waals surface area contributed by atoms with Gasteiger partial charge in [-0.3, -0.25) is 29.8 Å². The third kappa shape index (κ3) is 4.62. The molecule has 1 aliphatic heterocycles. The minimum Gasteiger partial charge on any atom is -0.326 e. The van der Waals surface area contributed by atoms with Crippen LogP contribution in [0.25, 0.3) is 0 Å². The van der Waals surface area contributed by atoms with E-state index in [4.69, 9.17) is 0 Å². The van der Waals surface area contributed by atoms with Crippen LogP contribution in [-0.4, -0.2) is 34.2 Å². The second-order valence-corrected chi connectivity index (χ2v) is 8.03. The predicted molar refractivity (Wildman–Crippen MR) is 119 cm³/mol. The molecule has 0 radical (unpaired) electrons. The average Bonchev–Trinajstić information content (AvgIpc) is 3.42. The second kappa shape index (κ2) is 8.94. The molecule has 1 saturated heterocycles. The second-order valence-electron chi connectivity index (χ2n) is 7.02. The first-order chi connectivity index (χ1) is 15.4. The lowest BCUT2D eigenvalue weighted by Crippen LogP contribution is -2.28. The van der Waals surface area contributed by atoms with Gasteiger partial charge in [-0.25, -0.2) is 4.98 Å².